The van der Waals surface area contributed by atoms with Crippen LogP contribution in [0.4, 0.5) is 4.39 Å². The van der Waals surface area contributed by atoms with Gasteiger partial charge in [-0.2, -0.15) is 4.31 Å². The van der Waals surface area contributed by atoms with Gasteiger partial charge >= 0.3 is 0 Å². The molecule has 1 aliphatic rings. The van der Waals surface area contributed by atoms with E-state index < -0.39 is 15.8 Å². The van der Waals surface area contributed by atoms with Crippen LogP contribution in [0.3, 0.4) is 0 Å². The van der Waals surface area contributed by atoms with E-state index in [1.165, 1.54) is 23.5 Å². The summed E-state index contributed by atoms with van der Waals surface area (Å²) in [5, 5.41) is 3.10. The van der Waals surface area contributed by atoms with Crippen molar-refractivity contribution in [1.82, 2.24) is 14.5 Å². The molecule has 9 heteroatoms. The first-order chi connectivity index (χ1) is 9.91. The maximum absolute atomic E-state index is 12.9. The molecule has 0 unspecified atom stereocenters. The van der Waals surface area contributed by atoms with Gasteiger partial charge in [-0.15, -0.1) is 24.0 Å². The number of hydrogen-bond acceptors (Lipinski definition) is 5. The number of rotatable bonds is 5. The average molecular weight is 442 g/mol. The Hall–Kier alpha value is -0.940. The molecule has 0 aromatic heterocycles. The van der Waals surface area contributed by atoms with Crippen LogP contribution in [0.15, 0.2) is 34.2 Å². The lowest BCUT2D eigenvalue weighted by Crippen LogP contribution is -2.40. The third kappa shape index (κ3) is 4.53. The maximum atomic E-state index is 12.9. The Bertz CT molecular complexity index is 621. The van der Waals surface area contributed by atoms with Gasteiger partial charge in [0.1, 0.15) is 5.82 Å². The zero-order valence-electron chi connectivity index (χ0n) is 12.5. The van der Waals surface area contributed by atoms with Gasteiger partial charge in [0, 0.05) is 33.7 Å². The zero-order chi connectivity index (χ0) is 15.5. The highest BCUT2D eigenvalue weighted by Crippen LogP contribution is 2.14. The maximum Gasteiger partial charge on any atom is 0.242 e. The smallest absolute Gasteiger partial charge is 0.242 e. The Balaban J connectivity index is 0.00000242. The number of halogens is 2. The molecule has 0 fully saturated rings. The van der Waals surface area contributed by atoms with Gasteiger partial charge in [-0.3, -0.25) is 4.99 Å². The number of nitrogens with one attached hydrogen (secondary N) is 1. The lowest BCUT2D eigenvalue weighted by atomic mass is 10.4. The monoisotopic (exact) mass is 442 g/mol. The Morgan fingerprint density at radius 1 is 1.36 bits per heavy atom. The van der Waals surface area contributed by atoms with Crippen molar-refractivity contribution in [1.29, 1.82) is 0 Å². The van der Waals surface area contributed by atoms with Crippen LogP contribution in [-0.2, 0) is 10.0 Å². The molecule has 0 saturated carbocycles. The van der Waals surface area contributed by atoms with E-state index in [1.54, 1.807) is 0 Å². The summed E-state index contributed by atoms with van der Waals surface area (Å²) in [6.45, 7) is 2.38. The molecule has 6 nitrogen and oxygen atoms in total. The summed E-state index contributed by atoms with van der Waals surface area (Å²) >= 11 is 0. The van der Waals surface area contributed by atoms with Gasteiger partial charge in [-0.1, -0.05) is 0 Å². The molecule has 0 spiro atoms. The first-order valence-electron chi connectivity index (χ1n) is 6.62. The Labute approximate surface area is 147 Å². The van der Waals surface area contributed by atoms with E-state index in [-0.39, 0.29) is 28.9 Å². The van der Waals surface area contributed by atoms with Crippen molar-refractivity contribution in [2.24, 2.45) is 4.99 Å². The standard InChI is InChI=1S/C13H19FN4O2S.HI/c1-17-9-7-15-13(17)16-8-10-18(2)21(19,20)12-5-3-11(14)4-6-12;/h3-6H,7-10H2,1-2H3,(H,15,16);1H. The quantitative estimate of drug-likeness (QED) is 0.691. The number of likely N-dealkylation sites (N-methyl/N-ethyl adjacent to an activating group) is 2. The largest absolute Gasteiger partial charge is 0.355 e. The van der Waals surface area contributed by atoms with Crippen LogP contribution in [0.25, 0.3) is 0 Å². The highest BCUT2D eigenvalue weighted by Gasteiger charge is 2.20. The summed E-state index contributed by atoms with van der Waals surface area (Å²) in [6.07, 6.45) is 0. The summed E-state index contributed by atoms with van der Waals surface area (Å²) in [7, 11) is -0.163. The van der Waals surface area contributed by atoms with Crippen molar-refractivity contribution < 1.29 is 12.8 Å². The average Bonchev–Trinajstić information content (AvgIpc) is 2.85. The number of guanidine groups is 1. The van der Waals surface area contributed by atoms with Crippen LogP contribution in [0.1, 0.15) is 0 Å². The third-order valence-corrected chi connectivity index (χ3v) is 5.16. The molecule has 0 bridgehead atoms. The SMILES string of the molecule is CN1CCN=C1NCCN(C)S(=O)(=O)c1ccc(F)cc1.I. The predicted molar refractivity (Wildman–Crippen MR) is 94.6 cm³/mol. The van der Waals surface area contributed by atoms with Crippen molar-refractivity contribution >= 4 is 40.0 Å². The highest BCUT2D eigenvalue weighted by atomic mass is 127. The van der Waals surface area contributed by atoms with Crippen molar-refractivity contribution in [3.8, 4) is 0 Å². The third-order valence-electron chi connectivity index (χ3n) is 3.29. The van der Waals surface area contributed by atoms with Crippen LogP contribution in [0, 0.1) is 5.82 Å². The molecule has 124 valence electrons. The van der Waals surface area contributed by atoms with Gasteiger partial charge in [0.2, 0.25) is 10.0 Å². The Kier molecular flexibility index (Phi) is 7.00. The molecule has 1 aliphatic heterocycles. The summed E-state index contributed by atoms with van der Waals surface area (Å²) in [6, 6.07) is 4.81. The second kappa shape index (κ2) is 8.06. The number of aliphatic imine (C=N–C) groups is 1. The minimum Gasteiger partial charge on any atom is -0.355 e. The Morgan fingerprint density at radius 3 is 2.55 bits per heavy atom. The number of hydrogen-bond donors (Lipinski definition) is 1. The molecule has 1 aromatic carbocycles. The molecule has 0 saturated heterocycles. The van der Waals surface area contributed by atoms with Crippen molar-refractivity contribution in [2.45, 2.75) is 4.90 Å². The lowest BCUT2D eigenvalue weighted by Gasteiger charge is -2.19. The van der Waals surface area contributed by atoms with Crippen LogP contribution >= 0.6 is 24.0 Å². The molecule has 0 amide bonds. The fraction of sp³-hybridized carbons (Fsp3) is 0.462. The summed E-state index contributed by atoms with van der Waals surface area (Å²) < 4.78 is 38.6. The van der Waals surface area contributed by atoms with Gasteiger partial charge < -0.3 is 10.2 Å². The van der Waals surface area contributed by atoms with Crippen molar-refractivity contribution in [3.05, 3.63) is 30.1 Å². The molecule has 0 radical (unpaired) electrons. The van der Waals surface area contributed by atoms with Gasteiger partial charge in [-0.05, 0) is 24.3 Å². The van der Waals surface area contributed by atoms with Crippen LogP contribution in [0.5, 0.6) is 0 Å². The van der Waals surface area contributed by atoms with E-state index in [4.69, 9.17) is 0 Å². The molecule has 1 N–H and O–H groups in total. The molecule has 1 aromatic rings. The molecular weight excluding hydrogens is 422 g/mol. The first-order valence-corrected chi connectivity index (χ1v) is 8.06. The van der Waals surface area contributed by atoms with E-state index in [1.807, 2.05) is 11.9 Å². The topological polar surface area (TPSA) is 65.0 Å². The van der Waals surface area contributed by atoms with Crippen LogP contribution in [-0.4, -0.2) is 63.9 Å². The van der Waals surface area contributed by atoms with Crippen LogP contribution < -0.4 is 5.32 Å². The number of benzene rings is 1. The van der Waals surface area contributed by atoms with E-state index in [0.29, 0.717) is 13.1 Å². The van der Waals surface area contributed by atoms with Gasteiger partial charge in [0.25, 0.3) is 0 Å². The zero-order valence-corrected chi connectivity index (χ0v) is 15.6. The molecule has 0 aliphatic carbocycles. The molecule has 1 heterocycles. The lowest BCUT2D eigenvalue weighted by molar-refractivity contribution is 0.464. The fourth-order valence-electron chi connectivity index (χ4n) is 1.96. The van der Waals surface area contributed by atoms with Gasteiger partial charge in [0.15, 0.2) is 5.96 Å². The molecular formula is C13H20FIN4O2S. The van der Waals surface area contributed by atoms with Gasteiger partial charge in [0.05, 0.1) is 11.4 Å². The minimum absolute atomic E-state index is 0. The Morgan fingerprint density at radius 2 is 2.00 bits per heavy atom. The summed E-state index contributed by atoms with van der Waals surface area (Å²) in [5.74, 6) is 0.322. The highest BCUT2D eigenvalue weighted by molar-refractivity contribution is 14.0. The summed E-state index contributed by atoms with van der Waals surface area (Å²) in [4.78, 5) is 6.33. The van der Waals surface area contributed by atoms with Crippen molar-refractivity contribution in [2.75, 3.05) is 40.3 Å². The van der Waals surface area contributed by atoms with Crippen molar-refractivity contribution in [3.63, 3.8) is 0 Å². The predicted octanol–water partition coefficient (Wildman–Crippen LogP) is 0.955. The number of nitrogens with zero attached hydrogens (tertiary/aromatic N) is 3. The molecule has 22 heavy (non-hydrogen) atoms. The first kappa shape index (κ1) is 19.1. The fourth-order valence-corrected chi connectivity index (χ4v) is 3.13. The second-order valence-electron chi connectivity index (χ2n) is 4.83. The van der Waals surface area contributed by atoms with E-state index in [0.717, 1.165) is 31.2 Å². The van der Waals surface area contributed by atoms with E-state index in [9.17, 15) is 12.8 Å². The summed E-state index contributed by atoms with van der Waals surface area (Å²) in [5.41, 5.74) is 0. The normalized spacial score (nSPS) is 14.7. The number of sulfonamides is 1. The minimum atomic E-state index is -3.59. The molecule has 0 atom stereocenters. The van der Waals surface area contributed by atoms with Gasteiger partial charge in [-0.25, -0.2) is 12.8 Å². The second-order valence-corrected chi connectivity index (χ2v) is 6.88. The van der Waals surface area contributed by atoms with E-state index in [2.05, 4.69) is 10.3 Å². The van der Waals surface area contributed by atoms with Crippen LogP contribution in [0.2, 0.25) is 0 Å². The molecule has 2 rings (SSSR count). The van der Waals surface area contributed by atoms with E-state index >= 15 is 0 Å².